The molecule has 2 aromatic rings. The summed E-state index contributed by atoms with van der Waals surface area (Å²) < 4.78 is 0. The summed E-state index contributed by atoms with van der Waals surface area (Å²) in [7, 11) is 0. The maximum atomic E-state index is 4.43. The first-order valence-corrected chi connectivity index (χ1v) is 7.97. The third-order valence-corrected chi connectivity index (χ3v) is 4.31. The van der Waals surface area contributed by atoms with Gasteiger partial charge in [-0.05, 0) is 60.1 Å². The second-order valence-electron chi connectivity index (χ2n) is 5.84. The van der Waals surface area contributed by atoms with Gasteiger partial charge in [0.15, 0.2) is 0 Å². The van der Waals surface area contributed by atoms with Crippen molar-refractivity contribution in [3.8, 4) is 0 Å². The predicted molar refractivity (Wildman–Crippen MR) is 91.4 cm³/mol. The van der Waals surface area contributed by atoms with Gasteiger partial charge in [0, 0.05) is 11.9 Å². The lowest BCUT2D eigenvalue weighted by atomic mass is 9.98. The van der Waals surface area contributed by atoms with Crippen LogP contribution < -0.4 is 5.32 Å². The minimum absolute atomic E-state index is 0.569. The highest BCUT2D eigenvalue weighted by Crippen LogP contribution is 2.25. The molecule has 2 rings (SSSR count). The van der Waals surface area contributed by atoms with Gasteiger partial charge in [0.2, 0.25) is 0 Å². The Labute approximate surface area is 128 Å². The van der Waals surface area contributed by atoms with E-state index in [1.54, 1.807) is 0 Å². The fraction of sp³-hybridized carbons (Fsp3) is 0.421. The van der Waals surface area contributed by atoms with Gasteiger partial charge in [-0.2, -0.15) is 0 Å². The van der Waals surface area contributed by atoms with E-state index in [9.17, 15) is 0 Å². The van der Waals surface area contributed by atoms with E-state index in [1.807, 2.05) is 6.20 Å². The van der Waals surface area contributed by atoms with Crippen molar-refractivity contribution in [1.82, 2.24) is 4.98 Å². The standard InChI is InChI=1S/C19H26N2/c1-5-14(3)16-8-7-9-18(12-16)21-19-13-17(10-11-20-19)15(4)6-2/h7-15H,5-6H2,1-4H3,(H,20,21). The molecule has 0 saturated carbocycles. The topological polar surface area (TPSA) is 24.9 Å². The van der Waals surface area contributed by atoms with Crippen molar-refractivity contribution in [2.75, 3.05) is 5.32 Å². The van der Waals surface area contributed by atoms with Gasteiger partial charge in [-0.15, -0.1) is 0 Å². The monoisotopic (exact) mass is 282 g/mol. The van der Waals surface area contributed by atoms with E-state index in [4.69, 9.17) is 0 Å². The summed E-state index contributed by atoms with van der Waals surface area (Å²) in [5, 5.41) is 3.43. The molecular formula is C19H26N2. The Morgan fingerprint density at radius 1 is 0.952 bits per heavy atom. The van der Waals surface area contributed by atoms with E-state index >= 15 is 0 Å². The highest BCUT2D eigenvalue weighted by Gasteiger charge is 2.06. The van der Waals surface area contributed by atoms with Crippen LogP contribution in [0.1, 0.15) is 63.5 Å². The normalized spacial score (nSPS) is 13.7. The quantitative estimate of drug-likeness (QED) is 0.718. The highest BCUT2D eigenvalue weighted by molar-refractivity contribution is 5.58. The van der Waals surface area contributed by atoms with E-state index in [-0.39, 0.29) is 0 Å². The summed E-state index contributed by atoms with van der Waals surface area (Å²) in [6.07, 6.45) is 4.19. The van der Waals surface area contributed by atoms with Gasteiger partial charge in [0.25, 0.3) is 0 Å². The van der Waals surface area contributed by atoms with Crippen molar-refractivity contribution in [1.29, 1.82) is 0 Å². The van der Waals surface area contributed by atoms with Gasteiger partial charge >= 0.3 is 0 Å². The van der Waals surface area contributed by atoms with E-state index < -0.39 is 0 Å². The molecule has 2 atom stereocenters. The molecule has 1 aromatic heterocycles. The van der Waals surface area contributed by atoms with Crippen molar-refractivity contribution >= 4 is 11.5 Å². The van der Waals surface area contributed by atoms with Crippen LogP contribution in [-0.4, -0.2) is 4.98 Å². The van der Waals surface area contributed by atoms with Crippen LogP contribution in [0.5, 0.6) is 0 Å². The van der Waals surface area contributed by atoms with Crippen molar-refractivity contribution in [2.24, 2.45) is 0 Å². The Hall–Kier alpha value is -1.83. The first-order valence-electron chi connectivity index (χ1n) is 7.97. The first kappa shape index (κ1) is 15.6. The summed E-state index contributed by atoms with van der Waals surface area (Å²) >= 11 is 0. The SMILES string of the molecule is CCC(C)c1cccc(Nc2cc(C(C)CC)ccn2)c1. The Bertz CT molecular complexity index is 526. The third-order valence-electron chi connectivity index (χ3n) is 4.31. The van der Waals surface area contributed by atoms with E-state index in [2.05, 4.69) is 74.4 Å². The van der Waals surface area contributed by atoms with Crippen molar-refractivity contribution < 1.29 is 0 Å². The second kappa shape index (κ2) is 7.26. The zero-order valence-electron chi connectivity index (χ0n) is 13.6. The largest absolute Gasteiger partial charge is 0.340 e. The van der Waals surface area contributed by atoms with E-state index in [1.165, 1.54) is 11.1 Å². The smallest absolute Gasteiger partial charge is 0.130 e. The first-order chi connectivity index (χ1) is 10.1. The van der Waals surface area contributed by atoms with E-state index in [0.29, 0.717) is 11.8 Å². The summed E-state index contributed by atoms with van der Waals surface area (Å²) in [6.45, 7) is 8.96. The zero-order chi connectivity index (χ0) is 15.2. The predicted octanol–water partition coefficient (Wildman–Crippen LogP) is 5.85. The van der Waals surface area contributed by atoms with Crippen molar-refractivity contribution in [3.05, 3.63) is 53.7 Å². The molecule has 0 aliphatic rings. The summed E-state index contributed by atoms with van der Waals surface area (Å²) in [6, 6.07) is 12.9. The van der Waals surface area contributed by atoms with Gasteiger partial charge in [0.1, 0.15) is 5.82 Å². The Morgan fingerprint density at radius 3 is 2.29 bits per heavy atom. The minimum Gasteiger partial charge on any atom is -0.340 e. The van der Waals surface area contributed by atoms with Gasteiger partial charge in [-0.25, -0.2) is 4.98 Å². The lowest BCUT2D eigenvalue weighted by Crippen LogP contribution is -1.98. The minimum atomic E-state index is 0.569. The maximum Gasteiger partial charge on any atom is 0.130 e. The molecule has 0 aliphatic carbocycles. The van der Waals surface area contributed by atoms with Gasteiger partial charge < -0.3 is 5.32 Å². The van der Waals surface area contributed by atoms with Gasteiger partial charge in [0.05, 0.1) is 0 Å². The highest BCUT2D eigenvalue weighted by atomic mass is 15.0. The number of hydrogen-bond acceptors (Lipinski definition) is 2. The van der Waals surface area contributed by atoms with Crippen molar-refractivity contribution in [3.63, 3.8) is 0 Å². The van der Waals surface area contributed by atoms with Gasteiger partial charge in [-0.3, -0.25) is 0 Å². The van der Waals surface area contributed by atoms with Crippen LogP contribution in [0, 0.1) is 0 Å². The molecule has 0 spiro atoms. The molecule has 0 saturated heterocycles. The van der Waals surface area contributed by atoms with Crippen LogP contribution in [0.2, 0.25) is 0 Å². The molecule has 0 radical (unpaired) electrons. The lowest BCUT2D eigenvalue weighted by Gasteiger charge is -2.13. The molecule has 112 valence electrons. The summed E-state index contributed by atoms with van der Waals surface area (Å²) in [4.78, 5) is 4.43. The number of anilines is 2. The number of rotatable bonds is 6. The van der Waals surface area contributed by atoms with Crippen LogP contribution in [-0.2, 0) is 0 Å². The molecular weight excluding hydrogens is 256 g/mol. The molecule has 0 amide bonds. The number of aromatic nitrogens is 1. The molecule has 1 aromatic carbocycles. The molecule has 1 N–H and O–H groups in total. The molecule has 2 unspecified atom stereocenters. The Morgan fingerprint density at radius 2 is 1.62 bits per heavy atom. The molecule has 21 heavy (non-hydrogen) atoms. The van der Waals surface area contributed by atoms with E-state index in [0.717, 1.165) is 24.3 Å². The van der Waals surface area contributed by atoms with Crippen LogP contribution in [0.3, 0.4) is 0 Å². The number of benzene rings is 1. The van der Waals surface area contributed by atoms with Crippen LogP contribution in [0.4, 0.5) is 11.5 Å². The summed E-state index contributed by atoms with van der Waals surface area (Å²) in [5.41, 5.74) is 3.83. The van der Waals surface area contributed by atoms with Crippen LogP contribution in [0.25, 0.3) is 0 Å². The molecule has 0 bridgehead atoms. The van der Waals surface area contributed by atoms with Crippen molar-refractivity contribution in [2.45, 2.75) is 52.4 Å². The zero-order valence-corrected chi connectivity index (χ0v) is 13.6. The lowest BCUT2D eigenvalue weighted by molar-refractivity contribution is 0.732. The Balaban J connectivity index is 2.18. The number of pyridine rings is 1. The maximum absolute atomic E-state index is 4.43. The molecule has 0 aliphatic heterocycles. The fourth-order valence-electron chi connectivity index (χ4n) is 2.36. The number of nitrogens with one attached hydrogen (secondary N) is 1. The second-order valence-corrected chi connectivity index (χ2v) is 5.84. The average Bonchev–Trinajstić information content (AvgIpc) is 2.53. The summed E-state index contributed by atoms with van der Waals surface area (Å²) in [5.74, 6) is 2.08. The third kappa shape index (κ3) is 4.07. The molecule has 1 heterocycles. The Kier molecular flexibility index (Phi) is 5.38. The average molecular weight is 282 g/mol. The molecule has 2 nitrogen and oxygen atoms in total. The number of nitrogens with zero attached hydrogens (tertiary/aromatic N) is 1. The van der Waals surface area contributed by atoms with Gasteiger partial charge in [-0.1, -0.05) is 39.8 Å². The number of hydrogen-bond donors (Lipinski definition) is 1. The molecule has 0 fully saturated rings. The van der Waals surface area contributed by atoms with Crippen LogP contribution >= 0.6 is 0 Å². The fourth-order valence-corrected chi connectivity index (χ4v) is 2.36. The molecule has 2 heteroatoms. The van der Waals surface area contributed by atoms with Crippen LogP contribution in [0.15, 0.2) is 42.6 Å².